The van der Waals surface area contributed by atoms with Gasteiger partial charge in [-0.05, 0) is 24.3 Å². The molecule has 1 atom stereocenters. The van der Waals surface area contributed by atoms with Crippen molar-refractivity contribution in [3.63, 3.8) is 0 Å². The Morgan fingerprint density at radius 3 is 2.89 bits per heavy atom. The molecule has 0 saturated heterocycles. The SMILES string of the molecule is CCC(CCCl)NC(=O)c1nccc2ccccc12. The molecule has 1 unspecified atom stereocenters. The number of alkyl halides is 1. The fourth-order valence-electron chi connectivity index (χ4n) is 2.06. The van der Waals surface area contributed by atoms with Gasteiger partial charge in [0.2, 0.25) is 0 Å². The van der Waals surface area contributed by atoms with Crippen LogP contribution in [0.5, 0.6) is 0 Å². The topological polar surface area (TPSA) is 42.0 Å². The summed E-state index contributed by atoms with van der Waals surface area (Å²) < 4.78 is 0. The van der Waals surface area contributed by atoms with Crippen molar-refractivity contribution in [1.29, 1.82) is 0 Å². The molecule has 0 bridgehead atoms. The van der Waals surface area contributed by atoms with E-state index in [1.165, 1.54) is 0 Å². The fourth-order valence-corrected chi connectivity index (χ4v) is 2.33. The number of halogens is 1. The first kappa shape index (κ1) is 13.8. The molecule has 1 heterocycles. The van der Waals surface area contributed by atoms with Crippen LogP contribution in [-0.4, -0.2) is 22.8 Å². The number of aromatic nitrogens is 1. The molecule has 0 spiro atoms. The third-order valence-corrected chi connectivity index (χ3v) is 3.39. The number of carbonyl (C=O) groups excluding carboxylic acids is 1. The predicted molar refractivity (Wildman–Crippen MR) is 78.6 cm³/mol. The summed E-state index contributed by atoms with van der Waals surface area (Å²) in [5.74, 6) is 0.413. The van der Waals surface area contributed by atoms with Crippen LogP contribution >= 0.6 is 11.6 Å². The maximum absolute atomic E-state index is 12.3. The molecule has 1 N–H and O–H groups in total. The van der Waals surface area contributed by atoms with Crippen molar-refractivity contribution in [3.05, 3.63) is 42.2 Å². The number of benzene rings is 1. The van der Waals surface area contributed by atoms with Crippen molar-refractivity contribution in [3.8, 4) is 0 Å². The van der Waals surface area contributed by atoms with E-state index in [0.29, 0.717) is 11.6 Å². The monoisotopic (exact) mass is 276 g/mol. The van der Waals surface area contributed by atoms with Gasteiger partial charge in [-0.1, -0.05) is 31.2 Å². The van der Waals surface area contributed by atoms with Crippen LogP contribution in [0.2, 0.25) is 0 Å². The van der Waals surface area contributed by atoms with Crippen molar-refractivity contribution < 1.29 is 4.79 Å². The average Bonchev–Trinajstić information content (AvgIpc) is 2.46. The molecule has 2 rings (SSSR count). The summed E-state index contributed by atoms with van der Waals surface area (Å²) in [7, 11) is 0. The standard InChI is InChI=1S/C15H17ClN2O/c1-2-12(7-9-16)18-15(19)14-13-6-4-3-5-11(13)8-10-17-14/h3-6,8,10,12H,2,7,9H2,1H3,(H,18,19). The highest BCUT2D eigenvalue weighted by Crippen LogP contribution is 2.16. The summed E-state index contributed by atoms with van der Waals surface area (Å²) in [5.41, 5.74) is 0.478. The molecular weight excluding hydrogens is 260 g/mol. The second-order valence-corrected chi connectivity index (χ2v) is 4.81. The Labute approximate surface area is 118 Å². The highest BCUT2D eigenvalue weighted by molar-refractivity contribution is 6.17. The third kappa shape index (κ3) is 3.24. The van der Waals surface area contributed by atoms with Gasteiger partial charge in [-0.2, -0.15) is 0 Å². The van der Waals surface area contributed by atoms with Crippen molar-refractivity contribution in [2.45, 2.75) is 25.8 Å². The van der Waals surface area contributed by atoms with Crippen molar-refractivity contribution in [1.82, 2.24) is 10.3 Å². The highest BCUT2D eigenvalue weighted by atomic mass is 35.5. The third-order valence-electron chi connectivity index (χ3n) is 3.17. The first-order valence-electron chi connectivity index (χ1n) is 6.46. The molecule has 1 aromatic carbocycles. The molecule has 3 nitrogen and oxygen atoms in total. The normalized spacial score (nSPS) is 12.3. The second kappa shape index (κ2) is 6.53. The Morgan fingerprint density at radius 1 is 1.37 bits per heavy atom. The van der Waals surface area contributed by atoms with Crippen LogP contribution in [0.3, 0.4) is 0 Å². The van der Waals surface area contributed by atoms with Gasteiger partial charge in [-0.25, -0.2) is 0 Å². The minimum absolute atomic E-state index is 0.103. The summed E-state index contributed by atoms with van der Waals surface area (Å²) >= 11 is 5.73. The Kier molecular flexibility index (Phi) is 4.74. The largest absolute Gasteiger partial charge is 0.348 e. The van der Waals surface area contributed by atoms with Gasteiger partial charge in [0.1, 0.15) is 5.69 Å². The minimum Gasteiger partial charge on any atom is -0.348 e. The number of nitrogens with zero attached hydrogens (tertiary/aromatic N) is 1. The molecule has 1 amide bonds. The average molecular weight is 277 g/mol. The van der Waals surface area contributed by atoms with Crippen LogP contribution in [0.25, 0.3) is 10.8 Å². The number of rotatable bonds is 5. The van der Waals surface area contributed by atoms with Gasteiger partial charge < -0.3 is 5.32 Å². The number of carbonyl (C=O) groups is 1. The van der Waals surface area contributed by atoms with E-state index in [1.54, 1.807) is 6.20 Å². The van der Waals surface area contributed by atoms with Gasteiger partial charge in [-0.15, -0.1) is 11.6 Å². The maximum atomic E-state index is 12.3. The van der Waals surface area contributed by atoms with E-state index in [0.717, 1.165) is 23.6 Å². The first-order valence-corrected chi connectivity index (χ1v) is 7.00. The van der Waals surface area contributed by atoms with Gasteiger partial charge in [0.25, 0.3) is 5.91 Å². The van der Waals surface area contributed by atoms with Gasteiger partial charge >= 0.3 is 0 Å². The summed E-state index contributed by atoms with van der Waals surface area (Å²) in [6, 6.07) is 9.76. The molecular formula is C15H17ClN2O. The lowest BCUT2D eigenvalue weighted by molar-refractivity contribution is 0.0932. The molecule has 0 aliphatic rings. The van der Waals surface area contributed by atoms with Crippen LogP contribution in [0, 0.1) is 0 Å². The molecule has 0 aliphatic carbocycles. The van der Waals surface area contributed by atoms with Crippen molar-refractivity contribution in [2.75, 3.05) is 5.88 Å². The lowest BCUT2D eigenvalue weighted by Gasteiger charge is -2.15. The number of hydrogen-bond donors (Lipinski definition) is 1. The molecule has 0 fully saturated rings. The molecule has 2 aromatic rings. The lowest BCUT2D eigenvalue weighted by atomic mass is 10.1. The van der Waals surface area contributed by atoms with Crippen molar-refractivity contribution in [2.24, 2.45) is 0 Å². The Morgan fingerprint density at radius 2 is 2.16 bits per heavy atom. The van der Waals surface area contributed by atoms with Crippen LogP contribution in [-0.2, 0) is 0 Å². The Balaban J connectivity index is 2.26. The van der Waals surface area contributed by atoms with E-state index in [4.69, 9.17) is 11.6 Å². The molecule has 1 aromatic heterocycles. The van der Waals surface area contributed by atoms with Gasteiger partial charge in [0, 0.05) is 23.5 Å². The molecule has 0 aliphatic heterocycles. The summed E-state index contributed by atoms with van der Waals surface area (Å²) in [6.07, 6.45) is 3.30. The van der Waals surface area contributed by atoms with E-state index < -0.39 is 0 Å². The predicted octanol–water partition coefficient (Wildman–Crippen LogP) is 3.37. The van der Waals surface area contributed by atoms with E-state index in [-0.39, 0.29) is 11.9 Å². The number of nitrogens with one attached hydrogen (secondary N) is 1. The zero-order valence-corrected chi connectivity index (χ0v) is 11.7. The number of amides is 1. The fraction of sp³-hybridized carbons (Fsp3) is 0.333. The summed E-state index contributed by atoms with van der Waals surface area (Å²) in [6.45, 7) is 2.04. The summed E-state index contributed by atoms with van der Waals surface area (Å²) in [5, 5.41) is 4.89. The van der Waals surface area contributed by atoms with Crippen LogP contribution in [0.1, 0.15) is 30.3 Å². The van der Waals surface area contributed by atoms with Crippen LogP contribution in [0.4, 0.5) is 0 Å². The van der Waals surface area contributed by atoms with E-state index >= 15 is 0 Å². The maximum Gasteiger partial charge on any atom is 0.270 e. The van der Waals surface area contributed by atoms with Gasteiger partial charge in [0.05, 0.1) is 0 Å². The summed E-state index contributed by atoms with van der Waals surface area (Å²) in [4.78, 5) is 16.5. The van der Waals surface area contributed by atoms with E-state index in [1.807, 2.05) is 37.3 Å². The van der Waals surface area contributed by atoms with Crippen molar-refractivity contribution >= 4 is 28.3 Å². The first-order chi connectivity index (χ1) is 9.26. The number of hydrogen-bond acceptors (Lipinski definition) is 2. The Bertz CT molecular complexity index is 566. The molecule has 19 heavy (non-hydrogen) atoms. The van der Waals surface area contributed by atoms with Gasteiger partial charge in [0.15, 0.2) is 0 Å². The molecule has 0 radical (unpaired) electrons. The smallest absolute Gasteiger partial charge is 0.270 e. The van der Waals surface area contributed by atoms with Gasteiger partial charge in [-0.3, -0.25) is 9.78 Å². The molecule has 100 valence electrons. The van der Waals surface area contributed by atoms with Crippen LogP contribution in [0.15, 0.2) is 36.5 Å². The molecule has 0 saturated carbocycles. The lowest BCUT2D eigenvalue weighted by Crippen LogP contribution is -2.35. The molecule has 4 heteroatoms. The highest BCUT2D eigenvalue weighted by Gasteiger charge is 2.15. The number of fused-ring (bicyclic) bond motifs is 1. The minimum atomic E-state index is -0.131. The number of pyridine rings is 1. The zero-order chi connectivity index (χ0) is 13.7. The second-order valence-electron chi connectivity index (χ2n) is 4.44. The zero-order valence-electron chi connectivity index (χ0n) is 10.9. The quantitative estimate of drug-likeness (QED) is 0.851. The Hall–Kier alpha value is -1.61. The van der Waals surface area contributed by atoms with E-state index in [2.05, 4.69) is 10.3 Å². The van der Waals surface area contributed by atoms with Crippen LogP contribution < -0.4 is 5.32 Å². The van der Waals surface area contributed by atoms with E-state index in [9.17, 15) is 4.79 Å².